The lowest BCUT2D eigenvalue weighted by atomic mass is 10.0. The summed E-state index contributed by atoms with van der Waals surface area (Å²) < 4.78 is 61.3. The third-order valence-electron chi connectivity index (χ3n) is 18.7. The highest BCUT2D eigenvalue weighted by molar-refractivity contribution is 7.47. The summed E-state index contributed by atoms with van der Waals surface area (Å²) in [4.78, 5) is 58.9. The molecule has 0 fully saturated rings. The SMILES string of the molecule is CC/C=C\C/C=C\C/C=C\C/C=C\C/C=C\C/C=C\CCCCCCCCCCCCCCCCC(=O)OCC(O)COP(=O)(O)OCC(O)COP(=O)(O)OCC(COC(=O)CCCCCCCCCCCCCC/C=C\C/C=C\C/C=C\C/C=C\C/C=C\C/C=C\CC)OC(=O)CC/C=C\C/C=C\C/C=C\C/C=C\C/C=C\C/C=C\CC. The predicted molar refractivity (Wildman–Crippen MR) is 500 cm³/mol. The summed E-state index contributed by atoms with van der Waals surface area (Å²) in [5.41, 5.74) is 0. The molecule has 674 valence electrons. The molecule has 0 saturated carbocycles. The summed E-state index contributed by atoms with van der Waals surface area (Å²) >= 11 is 0. The molecule has 0 aliphatic rings. The van der Waals surface area contributed by atoms with Gasteiger partial charge in [-0.25, -0.2) is 9.13 Å². The zero-order valence-corrected chi connectivity index (χ0v) is 76.0. The predicted octanol–water partition coefficient (Wildman–Crippen LogP) is 28.5. The Kier molecular flexibility index (Phi) is 86.4. The van der Waals surface area contributed by atoms with Crippen molar-refractivity contribution in [3.8, 4) is 0 Å². The molecule has 5 unspecified atom stereocenters. The van der Waals surface area contributed by atoms with Crippen LogP contribution in [0.5, 0.6) is 0 Å². The van der Waals surface area contributed by atoms with Gasteiger partial charge in [-0.3, -0.25) is 32.5 Å². The Bertz CT molecular complexity index is 3040. The largest absolute Gasteiger partial charge is 0.472 e. The number of ether oxygens (including phenoxy) is 3. The fourth-order valence-corrected chi connectivity index (χ4v) is 13.4. The van der Waals surface area contributed by atoms with E-state index in [0.717, 1.165) is 167 Å². The maximum atomic E-state index is 13.0. The average molecular weight is 1700 g/mol. The van der Waals surface area contributed by atoms with Crippen molar-refractivity contribution in [2.24, 2.45) is 0 Å². The van der Waals surface area contributed by atoms with Gasteiger partial charge in [0.2, 0.25) is 0 Å². The van der Waals surface area contributed by atoms with Crippen LogP contribution in [0.15, 0.2) is 219 Å². The number of rotatable bonds is 85. The van der Waals surface area contributed by atoms with Gasteiger partial charge in [0.15, 0.2) is 6.10 Å². The molecule has 16 nitrogen and oxygen atoms in total. The van der Waals surface area contributed by atoms with Crippen LogP contribution in [0.3, 0.4) is 0 Å². The molecule has 0 rings (SSSR count). The molecule has 18 heteroatoms. The molecule has 0 aliphatic heterocycles. The van der Waals surface area contributed by atoms with Crippen LogP contribution in [0.1, 0.15) is 342 Å². The van der Waals surface area contributed by atoms with Crippen molar-refractivity contribution >= 4 is 33.6 Å². The van der Waals surface area contributed by atoms with Crippen LogP contribution >= 0.6 is 15.6 Å². The number of phosphoric acid groups is 2. The average Bonchev–Trinajstić information content (AvgIpc) is 0.941. The molecule has 5 atom stereocenters. The Morgan fingerprint density at radius 2 is 0.437 bits per heavy atom. The van der Waals surface area contributed by atoms with Crippen LogP contribution in [-0.2, 0) is 55.8 Å². The topological polar surface area (TPSA) is 231 Å². The third-order valence-corrected chi connectivity index (χ3v) is 20.6. The van der Waals surface area contributed by atoms with Gasteiger partial charge in [0, 0.05) is 19.3 Å². The first-order valence-electron chi connectivity index (χ1n) is 46.0. The summed E-state index contributed by atoms with van der Waals surface area (Å²) in [7, 11) is -9.85. The van der Waals surface area contributed by atoms with Crippen molar-refractivity contribution in [2.75, 3.05) is 39.6 Å². The van der Waals surface area contributed by atoms with Gasteiger partial charge in [-0.2, -0.15) is 0 Å². The molecule has 0 heterocycles. The van der Waals surface area contributed by atoms with Crippen molar-refractivity contribution < 1.29 is 75.8 Å². The van der Waals surface area contributed by atoms with Crippen LogP contribution in [0.2, 0.25) is 0 Å². The fraction of sp³-hybridized carbons (Fsp3) is 0.614. The summed E-state index contributed by atoms with van der Waals surface area (Å²) in [5.74, 6) is -1.68. The Labute approximate surface area is 723 Å². The first-order chi connectivity index (χ1) is 58.2. The van der Waals surface area contributed by atoms with Crippen LogP contribution in [-0.4, -0.2) is 95.9 Å². The fourth-order valence-electron chi connectivity index (χ4n) is 11.8. The molecule has 0 amide bonds. The molecular formula is C101H164O16P2. The van der Waals surface area contributed by atoms with Crippen molar-refractivity contribution in [3.63, 3.8) is 0 Å². The molecule has 119 heavy (non-hydrogen) atoms. The monoisotopic (exact) mass is 1700 g/mol. The highest BCUT2D eigenvalue weighted by atomic mass is 31.2. The van der Waals surface area contributed by atoms with Gasteiger partial charge in [-0.05, 0) is 161 Å². The maximum Gasteiger partial charge on any atom is 0.472 e. The number of hydrogen-bond acceptors (Lipinski definition) is 14. The first-order valence-corrected chi connectivity index (χ1v) is 49.0. The number of phosphoric ester groups is 2. The lowest BCUT2D eigenvalue weighted by Gasteiger charge is -2.21. The maximum absolute atomic E-state index is 13.0. The Morgan fingerprint density at radius 3 is 0.697 bits per heavy atom. The summed E-state index contributed by atoms with van der Waals surface area (Å²) in [5, 5.41) is 20.7. The highest BCUT2D eigenvalue weighted by Crippen LogP contribution is 2.45. The minimum absolute atomic E-state index is 0.0280. The molecular weight excluding hydrogens is 1530 g/mol. The molecule has 0 saturated heterocycles. The number of carbonyl (C=O) groups excluding carboxylic acids is 3. The van der Waals surface area contributed by atoms with Crippen molar-refractivity contribution in [2.45, 2.75) is 360 Å². The number of carbonyl (C=O) groups is 3. The smallest absolute Gasteiger partial charge is 0.463 e. The van der Waals surface area contributed by atoms with Crippen LogP contribution in [0, 0.1) is 0 Å². The number of esters is 3. The lowest BCUT2D eigenvalue weighted by Crippen LogP contribution is -2.29. The molecule has 0 aromatic heterocycles. The van der Waals surface area contributed by atoms with Crippen molar-refractivity contribution in [1.29, 1.82) is 0 Å². The van der Waals surface area contributed by atoms with E-state index in [1.165, 1.54) is 109 Å². The lowest BCUT2D eigenvalue weighted by molar-refractivity contribution is -0.161. The molecule has 0 bridgehead atoms. The van der Waals surface area contributed by atoms with Crippen LogP contribution in [0.4, 0.5) is 0 Å². The molecule has 0 aromatic rings. The van der Waals surface area contributed by atoms with Crippen molar-refractivity contribution in [1.82, 2.24) is 0 Å². The summed E-state index contributed by atoms with van der Waals surface area (Å²) in [6.45, 7) is 2.26. The quantitative estimate of drug-likeness (QED) is 0.0146. The van der Waals surface area contributed by atoms with E-state index in [0.29, 0.717) is 25.7 Å². The van der Waals surface area contributed by atoms with Crippen LogP contribution < -0.4 is 0 Å². The first kappa shape index (κ1) is 113. The van der Waals surface area contributed by atoms with E-state index in [9.17, 15) is 43.5 Å². The standard InChI is InChI=1S/C101H164O16P2/c1-4-7-10-13-16-19-22-25-28-31-34-36-38-40-42-44-46-47-49-51-52-54-56-58-61-63-66-69-72-75-78-81-84-87-99(104)111-90-96(102)91-113-118(107,108)114-92-97(103)93-115-119(109,110)116-95-98(117-101(106)89-86-83-80-77-74-71-68-65-60-33-30-27-24-21-18-15-12-9-6-3)94-112-100(105)88-85-82-79-76-73-70-67-64-62-59-57-55-53-50-48-45-43-41-39-37-35-32-29-26-23-20-17-14-11-8-5-2/h7-12,16-21,25-30,34-37,40-43,46-48,50,60,65,71,74,80,83,96-98,102-103H,4-6,13-15,22-24,31-33,38-39,44-45,49,51-59,61-64,66-70,72-73,75-79,81-82,84-95H2,1-3H3,(H,107,108)(H,109,110)/b10-7-,11-8-,12-9-,19-16-,20-17-,21-18-,28-25-,29-26-,30-27-,36-34-,37-35-,42-40-,43-41-,47-46-,50-48-,65-60-,74-71-,83-80-. The van der Waals surface area contributed by atoms with E-state index in [2.05, 4.69) is 221 Å². The van der Waals surface area contributed by atoms with Crippen molar-refractivity contribution in [3.05, 3.63) is 219 Å². The van der Waals surface area contributed by atoms with Gasteiger partial charge >= 0.3 is 33.6 Å². The van der Waals surface area contributed by atoms with Gasteiger partial charge in [-0.1, -0.05) is 381 Å². The number of aliphatic hydroxyl groups is 2. The highest BCUT2D eigenvalue weighted by Gasteiger charge is 2.29. The van der Waals surface area contributed by atoms with Gasteiger partial charge in [-0.15, -0.1) is 0 Å². The molecule has 0 aliphatic carbocycles. The zero-order chi connectivity index (χ0) is 86.5. The molecule has 4 N–H and O–H groups in total. The Hall–Kier alpha value is -6.13. The van der Waals surface area contributed by atoms with E-state index in [-0.39, 0.29) is 19.3 Å². The number of allylic oxidation sites excluding steroid dienone is 36. The van der Waals surface area contributed by atoms with Gasteiger partial charge < -0.3 is 34.2 Å². The number of aliphatic hydroxyl groups excluding tert-OH is 2. The summed E-state index contributed by atoms with van der Waals surface area (Å²) in [6, 6.07) is 0. The number of hydrogen-bond donors (Lipinski definition) is 4. The minimum Gasteiger partial charge on any atom is -0.463 e. The molecule has 0 radical (unpaired) electrons. The van der Waals surface area contributed by atoms with Gasteiger partial charge in [0.05, 0.1) is 26.4 Å². The second kappa shape index (κ2) is 91.1. The molecule has 0 spiro atoms. The Balaban J connectivity index is 4.60. The number of unbranched alkanes of at least 4 members (excludes halogenated alkanes) is 26. The zero-order valence-electron chi connectivity index (χ0n) is 74.2. The van der Waals surface area contributed by atoms with E-state index >= 15 is 0 Å². The minimum atomic E-state index is -4.97. The van der Waals surface area contributed by atoms with E-state index < -0.39 is 91.5 Å². The summed E-state index contributed by atoms with van der Waals surface area (Å²) in [6.07, 6.45) is 124. The second-order valence-corrected chi connectivity index (χ2v) is 32.9. The van der Waals surface area contributed by atoms with Crippen LogP contribution in [0.25, 0.3) is 0 Å². The Morgan fingerprint density at radius 1 is 0.235 bits per heavy atom. The van der Waals surface area contributed by atoms with E-state index in [4.69, 9.17) is 32.3 Å². The second-order valence-electron chi connectivity index (χ2n) is 30.0. The van der Waals surface area contributed by atoms with E-state index in [1.807, 2.05) is 18.2 Å². The third kappa shape index (κ3) is 92.4. The van der Waals surface area contributed by atoms with Gasteiger partial charge in [0.1, 0.15) is 25.4 Å². The van der Waals surface area contributed by atoms with Gasteiger partial charge in [0.25, 0.3) is 0 Å². The normalized spacial score (nSPS) is 14.8. The molecule has 0 aromatic carbocycles. The van der Waals surface area contributed by atoms with E-state index in [1.54, 1.807) is 0 Å².